The average molecular weight is 832 g/mol. The minimum atomic E-state index is -1.28. The van der Waals surface area contributed by atoms with Crippen molar-refractivity contribution in [2.24, 2.45) is 16.5 Å². The third kappa shape index (κ3) is 12.4. The van der Waals surface area contributed by atoms with Gasteiger partial charge >= 0.3 is 0 Å². The van der Waals surface area contributed by atoms with E-state index in [2.05, 4.69) is 20.9 Å². The molecule has 2 amide bonds. The van der Waals surface area contributed by atoms with Gasteiger partial charge in [0.1, 0.15) is 28.9 Å². The monoisotopic (exact) mass is 831 g/mol. The van der Waals surface area contributed by atoms with Crippen LogP contribution >= 0.6 is 0 Å². The molecule has 0 fully saturated rings. The maximum absolute atomic E-state index is 15.3. The van der Waals surface area contributed by atoms with Crippen molar-refractivity contribution in [3.63, 3.8) is 0 Å². The van der Waals surface area contributed by atoms with Crippen LogP contribution in [0.4, 0.5) is 20.3 Å². The molecule has 1 aliphatic rings. The van der Waals surface area contributed by atoms with Crippen molar-refractivity contribution in [3.05, 3.63) is 101 Å². The molecule has 0 spiro atoms. The number of fused-ring (bicyclic) bond motifs is 1. The van der Waals surface area contributed by atoms with E-state index < -0.39 is 30.0 Å². The Labute approximate surface area is 348 Å². The topological polar surface area (TPSA) is 213 Å². The van der Waals surface area contributed by atoms with E-state index in [0.29, 0.717) is 72.2 Å². The SMILES string of the molecule is CCOc1cc(F)c(Cn2nc(C3=NC(Nc4ccnc(NC(C)=O)c4)=C(OCCCOC(O)[C@H](C)NC(=O)[C@@H](N)CCCCN)C=C(CC)C3)c3ccccc32)c(F)c1. The molecule has 0 bridgehead atoms. The van der Waals surface area contributed by atoms with Crippen LogP contribution in [-0.4, -0.2) is 82.1 Å². The standard InChI is InChI=1S/C43H55F2N9O6/c1-5-28-20-36(40-31-12-7-8-14-37(31)54(53-40)25-32-33(44)23-30(58-6-2)24-34(32)45)52-41(51-29-15-17-48-39(22-29)50-27(4)55)38(21-28)59-18-11-19-60-43(57)26(3)49-42(56)35(47)13-9-10-16-46/h7-8,12,14-15,17,21-24,26,35,43,57H,5-6,9-11,13,16,18-20,25,46-47H2,1-4H3,(H,49,56)(H2,48,50,51,55)/t26-,35-,43?/m0/s1. The minimum Gasteiger partial charge on any atom is -0.494 e. The number of amides is 2. The highest BCUT2D eigenvalue weighted by Crippen LogP contribution is 2.30. The molecule has 0 aliphatic carbocycles. The van der Waals surface area contributed by atoms with Gasteiger partial charge in [0.25, 0.3) is 0 Å². The number of para-hydroxylation sites is 1. The van der Waals surface area contributed by atoms with Crippen LogP contribution in [0.5, 0.6) is 5.75 Å². The third-order valence-corrected chi connectivity index (χ3v) is 9.59. The quantitative estimate of drug-likeness (QED) is 0.0422. The fourth-order valence-electron chi connectivity index (χ4n) is 6.43. The maximum Gasteiger partial charge on any atom is 0.237 e. The first kappa shape index (κ1) is 45.3. The number of aliphatic hydroxyl groups excluding tert-OH is 1. The second kappa shape index (κ2) is 22.0. The predicted molar refractivity (Wildman–Crippen MR) is 226 cm³/mol. The number of aliphatic imine (C=N–C) groups is 1. The van der Waals surface area contributed by atoms with Crippen molar-refractivity contribution < 1.29 is 37.7 Å². The van der Waals surface area contributed by atoms with E-state index in [-0.39, 0.29) is 49.5 Å². The molecule has 322 valence electrons. The molecule has 0 radical (unpaired) electrons. The van der Waals surface area contributed by atoms with Crippen LogP contribution in [0.1, 0.15) is 77.5 Å². The summed E-state index contributed by atoms with van der Waals surface area (Å²) in [6.07, 6.45) is 5.54. The molecule has 3 atom stereocenters. The number of unbranched alkanes of at least 4 members (excludes halogenated alkanes) is 1. The van der Waals surface area contributed by atoms with Gasteiger partial charge in [0.05, 0.1) is 49.7 Å². The minimum absolute atomic E-state index is 0.105. The van der Waals surface area contributed by atoms with Crippen LogP contribution in [-0.2, 0) is 25.6 Å². The lowest BCUT2D eigenvalue weighted by Gasteiger charge is -2.22. The molecule has 8 N–H and O–H groups in total. The van der Waals surface area contributed by atoms with Gasteiger partial charge in [0.15, 0.2) is 17.9 Å². The van der Waals surface area contributed by atoms with E-state index in [0.717, 1.165) is 23.8 Å². The first-order valence-electron chi connectivity index (χ1n) is 20.2. The Kier molecular flexibility index (Phi) is 16.6. The third-order valence-electron chi connectivity index (χ3n) is 9.59. The number of nitrogens with two attached hydrogens (primary N) is 2. The maximum atomic E-state index is 15.3. The summed E-state index contributed by atoms with van der Waals surface area (Å²) < 4.78 is 49.4. The number of nitrogens with one attached hydrogen (secondary N) is 3. The summed E-state index contributed by atoms with van der Waals surface area (Å²) in [6, 6.07) is 11.7. The van der Waals surface area contributed by atoms with Crippen LogP contribution in [0.2, 0.25) is 0 Å². The van der Waals surface area contributed by atoms with Crippen LogP contribution in [0.15, 0.2) is 82.9 Å². The molecule has 2 aromatic carbocycles. The number of aliphatic hydroxyl groups is 1. The van der Waals surface area contributed by atoms with Crippen molar-refractivity contribution in [3.8, 4) is 5.75 Å². The van der Waals surface area contributed by atoms with Crippen LogP contribution in [0.25, 0.3) is 10.9 Å². The Bertz CT molecular complexity index is 2190. The highest BCUT2D eigenvalue weighted by atomic mass is 19.1. The van der Waals surface area contributed by atoms with Gasteiger partial charge in [0, 0.05) is 60.8 Å². The fourth-order valence-corrected chi connectivity index (χ4v) is 6.43. The number of ether oxygens (including phenoxy) is 3. The second-order valence-electron chi connectivity index (χ2n) is 14.3. The first-order valence-corrected chi connectivity index (χ1v) is 20.2. The Balaban J connectivity index is 1.41. The van der Waals surface area contributed by atoms with Crippen molar-refractivity contribution in [2.75, 3.05) is 37.0 Å². The highest BCUT2D eigenvalue weighted by molar-refractivity contribution is 6.10. The van der Waals surface area contributed by atoms with Crippen molar-refractivity contribution in [1.82, 2.24) is 20.1 Å². The van der Waals surface area contributed by atoms with E-state index in [1.54, 1.807) is 36.9 Å². The van der Waals surface area contributed by atoms with Gasteiger partial charge in [-0.05, 0) is 57.9 Å². The predicted octanol–water partition coefficient (Wildman–Crippen LogP) is 5.63. The van der Waals surface area contributed by atoms with Crippen molar-refractivity contribution in [2.45, 2.75) is 91.1 Å². The van der Waals surface area contributed by atoms with Gasteiger partial charge in [0.2, 0.25) is 11.8 Å². The van der Waals surface area contributed by atoms with Crippen molar-refractivity contribution in [1.29, 1.82) is 0 Å². The number of hydrogen-bond acceptors (Lipinski definition) is 12. The molecule has 5 rings (SSSR count). The van der Waals surface area contributed by atoms with E-state index in [1.807, 2.05) is 37.3 Å². The summed E-state index contributed by atoms with van der Waals surface area (Å²) in [7, 11) is 0. The second-order valence-corrected chi connectivity index (χ2v) is 14.3. The highest BCUT2D eigenvalue weighted by Gasteiger charge is 2.24. The number of carbonyl (C=O) groups excluding carboxylic acids is 2. The lowest BCUT2D eigenvalue weighted by Crippen LogP contribution is -2.49. The molecule has 0 saturated heterocycles. The summed E-state index contributed by atoms with van der Waals surface area (Å²) in [5.41, 5.74) is 14.6. The summed E-state index contributed by atoms with van der Waals surface area (Å²) >= 11 is 0. The zero-order chi connectivity index (χ0) is 43.2. The Morgan fingerprint density at radius 2 is 1.80 bits per heavy atom. The fraction of sp³-hybridized carbons (Fsp3) is 0.419. The number of anilines is 2. The number of carbonyl (C=O) groups is 2. The smallest absolute Gasteiger partial charge is 0.237 e. The number of aromatic nitrogens is 3. The Morgan fingerprint density at radius 3 is 2.52 bits per heavy atom. The van der Waals surface area contributed by atoms with E-state index in [1.165, 1.54) is 19.1 Å². The summed E-state index contributed by atoms with van der Waals surface area (Å²) in [5.74, 6) is -0.984. The average Bonchev–Trinajstić information content (AvgIpc) is 3.48. The van der Waals surface area contributed by atoms with Gasteiger partial charge in [-0.25, -0.2) is 18.8 Å². The number of hydrogen-bond donors (Lipinski definition) is 6. The molecule has 2 aromatic heterocycles. The van der Waals surface area contributed by atoms with E-state index in [9.17, 15) is 14.7 Å². The van der Waals surface area contributed by atoms with Gasteiger partial charge in [-0.2, -0.15) is 5.10 Å². The number of pyridine rings is 1. The summed E-state index contributed by atoms with van der Waals surface area (Å²) in [4.78, 5) is 33.6. The number of rotatable bonds is 22. The van der Waals surface area contributed by atoms with E-state index >= 15 is 8.78 Å². The molecule has 17 heteroatoms. The molecule has 1 unspecified atom stereocenters. The van der Waals surface area contributed by atoms with Crippen LogP contribution in [0, 0.1) is 11.6 Å². The molecule has 4 aromatic rings. The summed E-state index contributed by atoms with van der Waals surface area (Å²) in [6.45, 7) is 7.66. The number of benzene rings is 2. The first-order chi connectivity index (χ1) is 28.9. The number of halogens is 2. The van der Waals surface area contributed by atoms with Crippen molar-refractivity contribution >= 4 is 39.9 Å². The molecule has 1 aliphatic heterocycles. The van der Waals surface area contributed by atoms with Gasteiger partial charge in [-0.1, -0.05) is 37.1 Å². The largest absolute Gasteiger partial charge is 0.494 e. The number of allylic oxidation sites excluding steroid dienone is 2. The normalized spacial score (nSPS) is 14.5. The Hall–Kier alpha value is -5.75. The summed E-state index contributed by atoms with van der Waals surface area (Å²) in [5, 5.41) is 24.9. The molecular weight excluding hydrogens is 777 g/mol. The lowest BCUT2D eigenvalue weighted by molar-refractivity contribution is -0.136. The molecule has 0 saturated carbocycles. The van der Waals surface area contributed by atoms with Crippen LogP contribution < -0.4 is 32.2 Å². The zero-order valence-electron chi connectivity index (χ0n) is 34.5. The van der Waals surface area contributed by atoms with Gasteiger partial charge < -0.3 is 46.7 Å². The zero-order valence-corrected chi connectivity index (χ0v) is 34.5. The lowest BCUT2D eigenvalue weighted by atomic mass is 10.0. The number of nitrogens with zero attached hydrogens (tertiary/aromatic N) is 4. The molecular formula is C43H55F2N9O6. The van der Waals surface area contributed by atoms with Gasteiger partial charge in [-0.15, -0.1) is 0 Å². The van der Waals surface area contributed by atoms with E-state index in [4.69, 9.17) is 35.8 Å². The molecule has 3 heterocycles. The van der Waals surface area contributed by atoms with Gasteiger partial charge in [-0.3, -0.25) is 14.3 Å². The Morgan fingerprint density at radius 1 is 1.03 bits per heavy atom. The molecule has 60 heavy (non-hydrogen) atoms. The molecule has 15 nitrogen and oxygen atoms in total. The van der Waals surface area contributed by atoms with Crippen LogP contribution in [0.3, 0.4) is 0 Å².